The molecule has 104 valence electrons. The molecule has 1 amide bonds. The van der Waals surface area contributed by atoms with Crippen LogP contribution in [0.1, 0.15) is 16.8 Å². The normalized spacial score (nSPS) is 21.2. The van der Waals surface area contributed by atoms with Crippen LogP contribution < -0.4 is 16.4 Å². The Labute approximate surface area is 112 Å². The Morgan fingerprint density at radius 2 is 2.11 bits per heavy atom. The van der Waals surface area contributed by atoms with Crippen LogP contribution in [0.5, 0.6) is 0 Å². The summed E-state index contributed by atoms with van der Waals surface area (Å²) in [6.45, 7) is 0. The van der Waals surface area contributed by atoms with Gasteiger partial charge < -0.3 is 16.4 Å². The van der Waals surface area contributed by atoms with E-state index in [9.17, 15) is 13.2 Å². The smallest absolute Gasteiger partial charge is 0.250 e. The Kier molecular flexibility index (Phi) is 3.40. The van der Waals surface area contributed by atoms with Gasteiger partial charge >= 0.3 is 0 Å². The van der Waals surface area contributed by atoms with Crippen LogP contribution in [-0.4, -0.2) is 38.9 Å². The van der Waals surface area contributed by atoms with Gasteiger partial charge in [-0.15, -0.1) is 0 Å². The standard InChI is InChI=1S/C12H17N3O3S/c1-15(9-4-5-19(17,18)7-9)11-6-8(13)2-3-10(11)12(14)16/h2-3,6,9H,4-5,7,13H2,1H3,(H2,14,16). The summed E-state index contributed by atoms with van der Waals surface area (Å²) in [5.41, 5.74) is 12.5. The molecule has 0 saturated carbocycles. The van der Waals surface area contributed by atoms with E-state index in [1.165, 1.54) is 0 Å². The topological polar surface area (TPSA) is 106 Å². The van der Waals surface area contributed by atoms with E-state index in [0.29, 0.717) is 23.4 Å². The number of amides is 1. The lowest BCUT2D eigenvalue weighted by molar-refractivity contribution is 0.100. The highest BCUT2D eigenvalue weighted by molar-refractivity contribution is 7.91. The van der Waals surface area contributed by atoms with Crippen molar-refractivity contribution in [2.24, 2.45) is 5.73 Å². The second kappa shape index (κ2) is 4.73. The Balaban J connectivity index is 2.36. The summed E-state index contributed by atoms with van der Waals surface area (Å²) < 4.78 is 23.0. The molecule has 0 spiro atoms. The van der Waals surface area contributed by atoms with E-state index in [1.54, 1.807) is 30.1 Å². The van der Waals surface area contributed by atoms with Crippen molar-refractivity contribution in [1.29, 1.82) is 0 Å². The van der Waals surface area contributed by atoms with Crippen LogP contribution in [0, 0.1) is 0 Å². The Hall–Kier alpha value is -1.76. The van der Waals surface area contributed by atoms with Gasteiger partial charge in [-0.1, -0.05) is 0 Å². The highest BCUT2D eigenvalue weighted by Gasteiger charge is 2.31. The molecular weight excluding hydrogens is 266 g/mol. The predicted molar refractivity (Wildman–Crippen MR) is 74.8 cm³/mol. The van der Waals surface area contributed by atoms with Crippen molar-refractivity contribution in [2.45, 2.75) is 12.5 Å². The predicted octanol–water partition coefficient (Wildman–Crippen LogP) is -0.00900. The number of benzene rings is 1. The number of anilines is 2. The van der Waals surface area contributed by atoms with Crippen LogP contribution in [0.3, 0.4) is 0 Å². The van der Waals surface area contributed by atoms with E-state index in [2.05, 4.69) is 0 Å². The Morgan fingerprint density at radius 1 is 1.42 bits per heavy atom. The summed E-state index contributed by atoms with van der Waals surface area (Å²) >= 11 is 0. The number of carbonyl (C=O) groups excluding carboxylic acids is 1. The number of rotatable bonds is 3. The van der Waals surface area contributed by atoms with Gasteiger partial charge in [0.1, 0.15) is 0 Å². The molecule has 1 atom stereocenters. The van der Waals surface area contributed by atoms with Gasteiger partial charge in [0.2, 0.25) is 0 Å². The number of nitrogen functional groups attached to an aromatic ring is 1. The van der Waals surface area contributed by atoms with Crippen molar-refractivity contribution >= 4 is 27.1 Å². The van der Waals surface area contributed by atoms with Crippen LogP contribution >= 0.6 is 0 Å². The van der Waals surface area contributed by atoms with Gasteiger partial charge in [-0.25, -0.2) is 8.42 Å². The van der Waals surface area contributed by atoms with E-state index >= 15 is 0 Å². The maximum absolute atomic E-state index is 11.5. The van der Waals surface area contributed by atoms with Crippen LogP contribution in [0.15, 0.2) is 18.2 Å². The molecule has 0 bridgehead atoms. The monoisotopic (exact) mass is 283 g/mol. The summed E-state index contributed by atoms with van der Waals surface area (Å²) in [4.78, 5) is 13.2. The van der Waals surface area contributed by atoms with Crippen molar-refractivity contribution in [3.05, 3.63) is 23.8 Å². The number of primary amides is 1. The minimum Gasteiger partial charge on any atom is -0.399 e. The lowest BCUT2D eigenvalue weighted by Crippen LogP contribution is -2.34. The minimum atomic E-state index is -2.98. The van der Waals surface area contributed by atoms with Crippen molar-refractivity contribution in [3.63, 3.8) is 0 Å². The molecule has 1 heterocycles. The number of hydrogen-bond acceptors (Lipinski definition) is 5. The molecule has 1 unspecified atom stereocenters. The maximum Gasteiger partial charge on any atom is 0.250 e. The maximum atomic E-state index is 11.5. The molecule has 1 aliphatic heterocycles. The third-order valence-corrected chi connectivity index (χ3v) is 5.17. The molecule has 1 aliphatic rings. The Morgan fingerprint density at radius 3 is 2.63 bits per heavy atom. The van der Waals surface area contributed by atoms with Gasteiger partial charge in [0.05, 0.1) is 22.8 Å². The van der Waals surface area contributed by atoms with Gasteiger partial charge in [-0.05, 0) is 24.6 Å². The number of nitrogens with zero attached hydrogens (tertiary/aromatic N) is 1. The summed E-state index contributed by atoms with van der Waals surface area (Å²) in [5, 5.41) is 0. The highest BCUT2D eigenvalue weighted by Crippen LogP contribution is 2.27. The van der Waals surface area contributed by atoms with Gasteiger partial charge in [-0.2, -0.15) is 0 Å². The zero-order chi connectivity index (χ0) is 14.2. The summed E-state index contributed by atoms with van der Waals surface area (Å²) in [7, 11) is -1.22. The zero-order valence-corrected chi connectivity index (χ0v) is 11.5. The first-order chi connectivity index (χ1) is 8.80. The molecule has 1 aromatic rings. The van der Waals surface area contributed by atoms with E-state index in [4.69, 9.17) is 11.5 Å². The number of carbonyl (C=O) groups is 1. The fraction of sp³-hybridized carbons (Fsp3) is 0.417. The van der Waals surface area contributed by atoms with Gasteiger partial charge in [-0.3, -0.25) is 4.79 Å². The largest absolute Gasteiger partial charge is 0.399 e. The first-order valence-corrected chi connectivity index (χ1v) is 7.75. The molecule has 0 radical (unpaired) electrons. The number of nitrogens with two attached hydrogens (primary N) is 2. The molecule has 7 heteroatoms. The fourth-order valence-corrected chi connectivity index (χ4v) is 4.10. The molecule has 0 aliphatic carbocycles. The minimum absolute atomic E-state index is 0.0938. The van der Waals surface area contributed by atoms with Crippen molar-refractivity contribution in [2.75, 3.05) is 29.2 Å². The molecule has 0 aromatic heterocycles. The fourth-order valence-electron chi connectivity index (χ4n) is 2.33. The van der Waals surface area contributed by atoms with Gasteiger partial charge in [0.15, 0.2) is 9.84 Å². The average Bonchev–Trinajstić information content (AvgIpc) is 2.68. The van der Waals surface area contributed by atoms with E-state index in [-0.39, 0.29) is 17.5 Å². The summed E-state index contributed by atoms with van der Waals surface area (Å²) in [6, 6.07) is 4.66. The summed E-state index contributed by atoms with van der Waals surface area (Å²) in [5.74, 6) is -0.282. The summed E-state index contributed by atoms with van der Waals surface area (Å²) in [6.07, 6.45) is 0.547. The first-order valence-electron chi connectivity index (χ1n) is 5.93. The SMILES string of the molecule is CN(c1cc(N)ccc1C(N)=O)C1CCS(=O)(=O)C1. The lowest BCUT2D eigenvalue weighted by Gasteiger charge is -2.27. The quantitative estimate of drug-likeness (QED) is 0.759. The number of hydrogen-bond donors (Lipinski definition) is 2. The van der Waals surface area contributed by atoms with E-state index in [0.717, 1.165) is 0 Å². The molecule has 19 heavy (non-hydrogen) atoms. The molecule has 1 saturated heterocycles. The average molecular weight is 283 g/mol. The molecule has 1 fully saturated rings. The second-order valence-corrected chi connectivity index (χ2v) is 7.04. The van der Waals surface area contributed by atoms with Crippen molar-refractivity contribution in [3.8, 4) is 0 Å². The van der Waals surface area contributed by atoms with Crippen molar-refractivity contribution < 1.29 is 13.2 Å². The molecule has 2 rings (SSSR count). The molecule has 1 aromatic carbocycles. The van der Waals surface area contributed by atoms with E-state index in [1.807, 2.05) is 0 Å². The number of sulfone groups is 1. The zero-order valence-electron chi connectivity index (χ0n) is 10.7. The van der Waals surface area contributed by atoms with Crippen molar-refractivity contribution in [1.82, 2.24) is 0 Å². The molecule has 6 nitrogen and oxygen atoms in total. The first kappa shape index (κ1) is 13.7. The van der Waals surface area contributed by atoms with Gasteiger partial charge in [0, 0.05) is 18.8 Å². The third-order valence-electron chi connectivity index (χ3n) is 3.42. The highest BCUT2D eigenvalue weighted by atomic mass is 32.2. The Bertz CT molecular complexity index is 613. The molecule has 4 N–H and O–H groups in total. The lowest BCUT2D eigenvalue weighted by atomic mass is 10.1. The second-order valence-electron chi connectivity index (χ2n) is 4.81. The van der Waals surface area contributed by atoms with Crippen LogP contribution in [0.2, 0.25) is 0 Å². The van der Waals surface area contributed by atoms with Crippen LogP contribution in [-0.2, 0) is 9.84 Å². The van der Waals surface area contributed by atoms with Crippen LogP contribution in [0.25, 0.3) is 0 Å². The third kappa shape index (κ3) is 2.81. The van der Waals surface area contributed by atoms with E-state index < -0.39 is 15.7 Å². The van der Waals surface area contributed by atoms with Gasteiger partial charge in [0.25, 0.3) is 5.91 Å². The van der Waals surface area contributed by atoms with Crippen LogP contribution in [0.4, 0.5) is 11.4 Å². The molecular formula is C12H17N3O3S.